The predicted octanol–water partition coefficient (Wildman–Crippen LogP) is 0.987. The molecule has 2 bridgehead atoms. The standard InChI is InChI=1S/C18H18N4O4/c1-16(8-19)6-18-7-17(2,21(3)15(18)24)14(23)22(18)12(16)10-4-11-13(20-5-10)26-9-25-11/h4-5,12H,6-7,9H2,1-3H3/t12?,16-,17-,18+/m1/s1. The molecule has 134 valence electrons. The molecule has 8 heteroatoms. The highest BCUT2D eigenvalue weighted by molar-refractivity contribution is 6.08. The molecule has 1 unspecified atom stereocenters. The van der Waals surface area contributed by atoms with Crippen LogP contribution in [-0.4, -0.2) is 51.5 Å². The monoisotopic (exact) mass is 354 g/mol. The van der Waals surface area contributed by atoms with Crippen molar-refractivity contribution in [1.29, 1.82) is 5.26 Å². The zero-order valence-corrected chi connectivity index (χ0v) is 14.8. The number of rotatable bonds is 1. The highest BCUT2D eigenvalue weighted by Crippen LogP contribution is 2.64. The number of likely N-dealkylation sites (N-methyl/N-ethyl adjacent to an activating group) is 1. The number of carbonyl (C=O) groups excluding carboxylic acids is 2. The van der Waals surface area contributed by atoms with Gasteiger partial charge in [0.25, 0.3) is 5.88 Å². The summed E-state index contributed by atoms with van der Waals surface area (Å²) in [6.45, 7) is 3.71. The molecule has 26 heavy (non-hydrogen) atoms. The van der Waals surface area contributed by atoms with E-state index in [1.165, 1.54) is 0 Å². The van der Waals surface area contributed by atoms with Crippen molar-refractivity contribution in [3.8, 4) is 17.7 Å². The van der Waals surface area contributed by atoms with E-state index >= 15 is 0 Å². The Hall–Kier alpha value is -2.82. The SMILES string of the molecule is CN1C(=O)[C@@]23C[C@](C)(C#N)C(c4cnc5c(c4)OCO5)N2C(=O)[C@@]1(C)C3. The van der Waals surface area contributed by atoms with Crippen molar-refractivity contribution in [2.45, 2.75) is 43.8 Å². The van der Waals surface area contributed by atoms with Crippen LogP contribution in [0.4, 0.5) is 0 Å². The maximum Gasteiger partial charge on any atom is 0.260 e. The zero-order chi connectivity index (χ0) is 18.5. The van der Waals surface area contributed by atoms with Gasteiger partial charge in [-0.3, -0.25) is 9.59 Å². The molecule has 3 saturated heterocycles. The molecule has 1 aromatic rings. The van der Waals surface area contributed by atoms with Gasteiger partial charge in [0.05, 0.1) is 17.5 Å². The number of piperazine rings is 1. The minimum atomic E-state index is -0.952. The molecule has 2 amide bonds. The largest absolute Gasteiger partial charge is 0.452 e. The molecule has 3 fully saturated rings. The van der Waals surface area contributed by atoms with E-state index in [-0.39, 0.29) is 18.6 Å². The predicted molar refractivity (Wildman–Crippen MR) is 86.8 cm³/mol. The lowest BCUT2D eigenvalue weighted by molar-refractivity contribution is -0.159. The number of carbonyl (C=O) groups is 2. The van der Waals surface area contributed by atoms with E-state index in [4.69, 9.17) is 9.47 Å². The third-order valence-electron chi connectivity index (χ3n) is 6.56. The summed E-state index contributed by atoms with van der Waals surface area (Å²) in [6.07, 6.45) is 2.35. The zero-order valence-electron chi connectivity index (χ0n) is 14.8. The summed E-state index contributed by atoms with van der Waals surface area (Å²) in [6, 6.07) is 3.58. The Labute approximate surface area is 150 Å². The molecule has 0 aliphatic carbocycles. The van der Waals surface area contributed by atoms with Crippen molar-refractivity contribution in [3.63, 3.8) is 0 Å². The summed E-state index contributed by atoms with van der Waals surface area (Å²) < 4.78 is 10.7. The van der Waals surface area contributed by atoms with Crippen LogP contribution >= 0.6 is 0 Å². The van der Waals surface area contributed by atoms with E-state index in [0.717, 1.165) is 0 Å². The first-order valence-corrected chi connectivity index (χ1v) is 8.56. The van der Waals surface area contributed by atoms with Crippen molar-refractivity contribution in [2.24, 2.45) is 5.41 Å². The fourth-order valence-corrected chi connectivity index (χ4v) is 5.31. The highest BCUT2D eigenvalue weighted by Gasteiger charge is 2.77. The molecule has 8 nitrogen and oxygen atoms in total. The third-order valence-corrected chi connectivity index (χ3v) is 6.56. The minimum absolute atomic E-state index is 0.0859. The molecule has 0 aromatic carbocycles. The van der Waals surface area contributed by atoms with Crippen molar-refractivity contribution in [1.82, 2.24) is 14.8 Å². The van der Waals surface area contributed by atoms with Crippen LogP contribution in [0.1, 0.15) is 38.3 Å². The molecule has 5 rings (SSSR count). The first-order chi connectivity index (χ1) is 12.3. The highest BCUT2D eigenvalue weighted by atomic mass is 16.7. The molecule has 1 aromatic heterocycles. The number of nitriles is 1. The lowest BCUT2D eigenvalue weighted by atomic mass is 9.76. The lowest BCUT2D eigenvalue weighted by Crippen LogP contribution is -2.60. The fraction of sp³-hybridized carbons (Fsp3) is 0.556. The van der Waals surface area contributed by atoms with Crippen LogP contribution in [0.5, 0.6) is 11.6 Å². The smallest absolute Gasteiger partial charge is 0.260 e. The van der Waals surface area contributed by atoms with E-state index in [2.05, 4.69) is 11.1 Å². The number of amides is 2. The quantitative estimate of drug-likeness (QED) is 0.746. The van der Waals surface area contributed by atoms with Crippen LogP contribution in [0.3, 0.4) is 0 Å². The van der Waals surface area contributed by atoms with Crippen LogP contribution < -0.4 is 9.47 Å². The van der Waals surface area contributed by atoms with Gasteiger partial charge in [-0.1, -0.05) is 0 Å². The summed E-state index contributed by atoms with van der Waals surface area (Å²) in [5.41, 5.74) is -2.01. The number of nitrogens with zero attached hydrogens (tertiary/aromatic N) is 4. The Morgan fingerprint density at radius 2 is 2.04 bits per heavy atom. The average Bonchev–Trinajstić information content (AvgIpc) is 3.28. The number of hydrogen-bond donors (Lipinski definition) is 0. The van der Waals surface area contributed by atoms with Gasteiger partial charge in [-0.15, -0.1) is 0 Å². The van der Waals surface area contributed by atoms with Gasteiger partial charge in [0.1, 0.15) is 11.1 Å². The van der Waals surface area contributed by atoms with Gasteiger partial charge < -0.3 is 19.3 Å². The molecule has 0 N–H and O–H groups in total. The number of likely N-dealkylation sites (tertiary alicyclic amines) is 1. The molecule has 0 radical (unpaired) electrons. The third kappa shape index (κ3) is 1.45. The number of pyridine rings is 1. The van der Waals surface area contributed by atoms with Gasteiger partial charge in [0.2, 0.25) is 18.6 Å². The lowest BCUT2D eigenvalue weighted by Gasteiger charge is -2.41. The second kappa shape index (κ2) is 4.29. The average molecular weight is 354 g/mol. The van der Waals surface area contributed by atoms with E-state index in [1.54, 1.807) is 36.0 Å². The molecule has 4 aliphatic rings. The molecular weight excluding hydrogens is 336 g/mol. The Kier molecular flexibility index (Phi) is 2.54. The summed E-state index contributed by atoms with van der Waals surface area (Å²) >= 11 is 0. The van der Waals surface area contributed by atoms with Gasteiger partial charge in [0, 0.05) is 26.1 Å². The summed E-state index contributed by atoms with van der Waals surface area (Å²) in [4.78, 5) is 33.8. The van der Waals surface area contributed by atoms with E-state index < -0.39 is 22.5 Å². The maximum atomic E-state index is 13.3. The van der Waals surface area contributed by atoms with E-state index in [1.807, 2.05) is 6.92 Å². The first-order valence-electron chi connectivity index (χ1n) is 8.56. The second-order valence-corrected chi connectivity index (χ2v) is 8.11. The van der Waals surface area contributed by atoms with Crippen molar-refractivity contribution < 1.29 is 19.1 Å². The molecular formula is C18H18N4O4. The minimum Gasteiger partial charge on any atom is -0.452 e. The van der Waals surface area contributed by atoms with Gasteiger partial charge in [0.15, 0.2) is 5.75 Å². The van der Waals surface area contributed by atoms with Crippen LogP contribution in [0, 0.1) is 16.7 Å². The van der Waals surface area contributed by atoms with E-state index in [9.17, 15) is 14.9 Å². The van der Waals surface area contributed by atoms with Gasteiger partial charge in [-0.25, -0.2) is 4.98 Å². The van der Waals surface area contributed by atoms with Crippen molar-refractivity contribution in [2.75, 3.05) is 13.8 Å². The topological polar surface area (TPSA) is 95.8 Å². The number of ether oxygens (including phenoxy) is 2. The van der Waals surface area contributed by atoms with Crippen LogP contribution in [0.2, 0.25) is 0 Å². The van der Waals surface area contributed by atoms with E-state index in [0.29, 0.717) is 30.0 Å². The van der Waals surface area contributed by atoms with Crippen LogP contribution in [-0.2, 0) is 9.59 Å². The van der Waals surface area contributed by atoms with Crippen molar-refractivity contribution in [3.05, 3.63) is 17.8 Å². The van der Waals surface area contributed by atoms with Gasteiger partial charge >= 0.3 is 0 Å². The van der Waals surface area contributed by atoms with Crippen molar-refractivity contribution >= 4 is 11.8 Å². The second-order valence-electron chi connectivity index (χ2n) is 8.11. The maximum absolute atomic E-state index is 13.3. The normalized spacial score (nSPS) is 39.5. The fourth-order valence-electron chi connectivity index (χ4n) is 5.31. The number of fused-ring (bicyclic) bond motifs is 2. The Bertz CT molecular complexity index is 926. The molecule has 0 saturated carbocycles. The van der Waals surface area contributed by atoms with Crippen LogP contribution in [0.25, 0.3) is 0 Å². The molecule has 5 heterocycles. The number of aromatic nitrogens is 1. The molecule has 1 spiro atoms. The summed E-state index contributed by atoms with van der Waals surface area (Å²) in [7, 11) is 1.67. The Balaban J connectivity index is 1.69. The molecule has 4 aliphatic heterocycles. The summed E-state index contributed by atoms with van der Waals surface area (Å²) in [5, 5.41) is 9.94. The Morgan fingerprint density at radius 3 is 2.77 bits per heavy atom. The number of hydrogen-bond acceptors (Lipinski definition) is 6. The van der Waals surface area contributed by atoms with Gasteiger partial charge in [-0.05, 0) is 25.5 Å². The van der Waals surface area contributed by atoms with Crippen LogP contribution in [0.15, 0.2) is 12.3 Å². The van der Waals surface area contributed by atoms with Gasteiger partial charge in [-0.2, -0.15) is 5.26 Å². The first kappa shape index (κ1) is 15.4. The summed E-state index contributed by atoms with van der Waals surface area (Å²) in [5.74, 6) is 0.700. The molecule has 4 atom stereocenters. The Morgan fingerprint density at radius 1 is 1.27 bits per heavy atom.